The van der Waals surface area contributed by atoms with Crippen molar-refractivity contribution in [2.75, 3.05) is 0 Å². The molecule has 13 nitrogen and oxygen atoms in total. The van der Waals surface area contributed by atoms with Gasteiger partial charge in [-0.2, -0.15) is 24.9 Å². The number of aromatic amines is 4. The van der Waals surface area contributed by atoms with Gasteiger partial charge in [-0.25, -0.2) is 15.0 Å². The van der Waals surface area contributed by atoms with Crippen LogP contribution in [0.1, 0.15) is 46.0 Å². The van der Waals surface area contributed by atoms with Gasteiger partial charge in [0.2, 0.25) is 0 Å². The predicted octanol–water partition coefficient (Wildman–Crippen LogP) is 4.12. The van der Waals surface area contributed by atoms with E-state index in [1.807, 2.05) is 41.9 Å². The van der Waals surface area contributed by atoms with Crippen molar-refractivity contribution in [3.05, 3.63) is 132 Å². The molecule has 204 valence electrons. The van der Waals surface area contributed by atoms with E-state index in [0.29, 0.717) is 23.0 Å². The molecule has 0 amide bonds. The molecule has 2 atom stereocenters. The fourth-order valence-corrected chi connectivity index (χ4v) is 6.58. The third kappa shape index (κ3) is 3.48. The van der Waals surface area contributed by atoms with Crippen LogP contribution in [0.15, 0.2) is 95.9 Å². The summed E-state index contributed by atoms with van der Waals surface area (Å²) in [5.74, 6) is 0.592. The molecule has 7 aromatic rings. The van der Waals surface area contributed by atoms with Gasteiger partial charge >= 0.3 is 0 Å². The molecule has 1 aliphatic rings. The van der Waals surface area contributed by atoms with Crippen LogP contribution < -0.4 is 0 Å². The van der Waals surface area contributed by atoms with Crippen LogP contribution >= 0.6 is 11.5 Å². The first-order chi connectivity index (χ1) is 20.9. The standard InChI is InChI=1S/C28H20N12OS/c1-3-16(29-7-1)22-21(17-5-13-41-38-17)23(26-30-11-12-31-26)25(19-15-35-40-37-19)28(20-6-14-42-39-20,27-32-8-2-9-33-27)24(22)18-4-10-34-36-18/h1-15,24,29H,(H,30,31)(H,34,36)(H,35,37,40). The van der Waals surface area contributed by atoms with Crippen molar-refractivity contribution in [2.24, 2.45) is 0 Å². The number of imidazole rings is 1. The minimum Gasteiger partial charge on any atom is -0.364 e. The van der Waals surface area contributed by atoms with Crippen molar-refractivity contribution in [3.63, 3.8) is 0 Å². The van der Waals surface area contributed by atoms with Gasteiger partial charge in [0, 0.05) is 76.7 Å². The Morgan fingerprint density at radius 1 is 0.857 bits per heavy atom. The van der Waals surface area contributed by atoms with Crippen molar-refractivity contribution in [3.8, 4) is 0 Å². The molecule has 0 aromatic carbocycles. The second-order valence-electron chi connectivity index (χ2n) is 9.51. The van der Waals surface area contributed by atoms with E-state index in [1.54, 1.807) is 49.5 Å². The molecular formula is C28H20N12OS. The smallest absolute Gasteiger partial charge is 0.145 e. The summed E-state index contributed by atoms with van der Waals surface area (Å²) >= 11 is 1.35. The van der Waals surface area contributed by atoms with Crippen molar-refractivity contribution in [1.82, 2.24) is 60.1 Å². The third-order valence-electron chi connectivity index (χ3n) is 7.47. The van der Waals surface area contributed by atoms with E-state index < -0.39 is 11.3 Å². The highest BCUT2D eigenvalue weighted by molar-refractivity contribution is 7.03. The molecular weight excluding hydrogens is 552 g/mol. The summed E-state index contributed by atoms with van der Waals surface area (Å²) in [4.78, 5) is 21.3. The fraction of sp³-hybridized carbons (Fsp3) is 0.0714. The lowest BCUT2D eigenvalue weighted by Gasteiger charge is -2.45. The van der Waals surface area contributed by atoms with Gasteiger partial charge in [0.15, 0.2) is 0 Å². The Bertz CT molecular complexity index is 1960. The zero-order valence-electron chi connectivity index (χ0n) is 21.6. The van der Waals surface area contributed by atoms with Crippen molar-refractivity contribution in [2.45, 2.75) is 11.3 Å². The summed E-state index contributed by atoms with van der Waals surface area (Å²) in [5, 5.41) is 25.7. The Hall–Kier alpha value is -5.76. The Labute approximate surface area is 241 Å². The largest absolute Gasteiger partial charge is 0.364 e. The molecule has 7 heterocycles. The van der Waals surface area contributed by atoms with E-state index in [1.165, 1.54) is 11.5 Å². The Morgan fingerprint density at radius 2 is 1.81 bits per heavy atom. The minimum absolute atomic E-state index is 0.514. The number of hydrogen-bond acceptors (Lipinski definition) is 10. The van der Waals surface area contributed by atoms with Crippen LogP contribution in [-0.2, 0) is 5.41 Å². The summed E-state index contributed by atoms with van der Waals surface area (Å²) in [6, 6.07) is 11.6. The molecule has 4 N–H and O–H groups in total. The van der Waals surface area contributed by atoms with E-state index in [-0.39, 0.29) is 0 Å². The highest BCUT2D eigenvalue weighted by Crippen LogP contribution is 2.64. The van der Waals surface area contributed by atoms with E-state index in [4.69, 9.17) is 23.8 Å². The molecule has 0 aliphatic heterocycles. The zero-order valence-corrected chi connectivity index (χ0v) is 22.4. The molecule has 2 unspecified atom stereocenters. The summed E-state index contributed by atoms with van der Waals surface area (Å²) in [7, 11) is 0. The van der Waals surface area contributed by atoms with Crippen molar-refractivity contribution in [1.29, 1.82) is 0 Å². The average molecular weight is 573 g/mol. The lowest BCUT2D eigenvalue weighted by Crippen LogP contribution is -2.42. The van der Waals surface area contributed by atoms with Gasteiger partial charge in [-0.1, -0.05) is 5.16 Å². The summed E-state index contributed by atoms with van der Waals surface area (Å²) in [6.07, 6.45) is 13.8. The van der Waals surface area contributed by atoms with E-state index in [0.717, 1.165) is 39.4 Å². The van der Waals surface area contributed by atoms with Gasteiger partial charge in [0.1, 0.15) is 34.7 Å². The second-order valence-corrected chi connectivity index (χ2v) is 10.2. The maximum atomic E-state index is 5.42. The van der Waals surface area contributed by atoms with E-state index in [9.17, 15) is 0 Å². The van der Waals surface area contributed by atoms with Crippen LogP contribution in [0.2, 0.25) is 0 Å². The Balaban J connectivity index is 1.67. The zero-order chi connectivity index (χ0) is 27.9. The number of allylic oxidation sites excluding steroid dienone is 4. The van der Waals surface area contributed by atoms with Crippen molar-refractivity contribution < 1.29 is 4.52 Å². The number of aromatic nitrogens is 12. The van der Waals surface area contributed by atoms with Gasteiger partial charge < -0.3 is 14.5 Å². The summed E-state index contributed by atoms with van der Waals surface area (Å²) in [6.45, 7) is 0. The van der Waals surface area contributed by atoms with E-state index in [2.05, 4.69) is 40.7 Å². The molecule has 42 heavy (non-hydrogen) atoms. The van der Waals surface area contributed by atoms with Crippen molar-refractivity contribution >= 4 is 33.8 Å². The highest BCUT2D eigenvalue weighted by atomic mass is 32.1. The molecule has 14 heteroatoms. The van der Waals surface area contributed by atoms with Crippen LogP contribution in [0.3, 0.4) is 0 Å². The molecule has 0 radical (unpaired) electrons. The van der Waals surface area contributed by atoms with Gasteiger partial charge in [-0.3, -0.25) is 5.10 Å². The number of nitrogens with one attached hydrogen (secondary N) is 4. The van der Waals surface area contributed by atoms with Crippen LogP contribution in [0.4, 0.5) is 0 Å². The molecule has 1 aliphatic carbocycles. The molecule has 0 saturated carbocycles. The maximum absolute atomic E-state index is 5.42. The summed E-state index contributed by atoms with van der Waals surface area (Å²) < 4.78 is 10.4. The van der Waals surface area contributed by atoms with Crippen LogP contribution in [0, 0.1) is 0 Å². The lowest BCUT2D eigenvalue weighted by atomic mass is 9.56. The molecule has 0 spiro atoms. The molecule has 0 saturated heterocycles. The molecule has 0 fully saturated rings. The van der Waals surface area contributed by atoms with Gasteiger partial charge in [-0.05, 0) is 47.4 Å². The number of rotatable bonds is 7. The number of H-pyrrole nitrogens is 4. The Morgan fingerprint density at radius 3 is 2.48 bits per heavy atom. The van der Waals surface area contributed by atoms with Gasteiger partial charge in [0.05, 0.1) is 17.8 Å². The summed E-state index contributed by atoms with van der Waals surface area (Å²) in [5.41, 5.74) is 5.53. The third-order valence-corrected chi connectivity index (χ3v) is 8.03. The monoisotopic (exact) mass is 572 g/mol. The molecule has 7 aromatic heterocycles. The lowest BCUT2D eigenvalue weighted by molar-refractivity contribution is 0.418. The fourth-order valence-electron chi connectivity index (χ4n) is 6.01. The molecule has 0 bridgehead atoms. The topological polar surface area (TPSA) is 179 Å². The van der Waals surface area contributed by atoms with Crippen LogP contribution in [0.5, 0.6) is 0 Å². The number of nitrogens with zero attached hydrogens (tertiary/aromatic N) is 8. The first-order valence-electron chi connectivity index (χ1n) is 12.9. The first kappa shape index (κ1) is 24.1. The minimum atomic E-state index is -1.15. The van der Waals surface area contributed by atoms with Crippen LogP contribution in [-0.4, -0.2) is 60.1 Å². The first-order valence-corrected chi connectivity index (χ1v) is 13.8. The predicted molar refractivity (Wildman–Crippen MR) is 152 cm³/mol. The quantitative estimate of drug-likeness (QED) is 0.218. The second kappa shape index (κ2) is 9.71. The Kier molecular flexibility index (Phi) is 5.56. The molecule has 8 rings (SSSR count). The SMILES string of the molecule is c1cnc(C2(c3ccsn3)C(c3cn[nH]n3)=C(c3ncc[nH]3)C(c3ccon3)=C(c3ccc[nH]3)C2c2ccn[nH]2)nc1. The van der Waals surface area contributed by atoms with Gasteiger partial charge in [0.25, 0.3) is 0 Å². The van der Waals surface area contributed by atoms with Crippen LogP contribution in [0.25, 0.3) is 22.3 Å². The highest BCUT2D eigenvalue weighted by Gasteiger charge is 2.58. The average Bonchev–Trinajstić information content (AvgIpc) is 3.89. The van der Waals surface area contributed by atoms with E-state index >= 15 is 0 Å². The number of hydrogen-bond donors (Lipinski definition) is 4. The normalized spacial score (nSPS) is 19.1. The maximum Gasteiger partial charge on any atom is 0.145 e. The van der Waals surface area contributed by atoms with Gasteiger partial charge in [-0.15, -0.1) is 0 Å².